The van der Waals surface area contributed by atoms with E-state index in [-0.39, 0.29) is 24.6 Å². The standard InChI is InChI=1S/C12H11F3N2O2/c1-16-10(18)5-6-17(11(16)19)9-4-2-3-8(7-9)12(13,14)15/h2-4,7H,5-6H2,1H3. The van der Waals surface area contributed by atoms with Gasteiger partial charge in [-0.1, -0.05) is 6.07 Å². The third-order valence-electron chi connectivity index (χ3n) is 2.93. The lowest BCUT2D eigenvalue weighted by Crippen LogP contribution is -2.50. The Bertz CT molecular complexity index is 528. The Hall–Kier alpha value is -2.05. The number of hydrogen-bond donors (Lipinski definition) is 0. The monoisotopic (exact) mass is 272 g/mol. The summed E-state index contributed by atoms with van der Waals surface area (Å²) in [7, 11) is 1.31. The molecule has 4 nitrogen and oxygen atoms in total. The molecule has 0 saturated carbocycles. The fourth-order valence-electron chi connectivity index (χ4n) is 1.85. The molecule has 0 N–H and O–H groups in total. The van der Waals surface area contributed by atoms with Crippen molar-refractivity contribution in [3.05, 3.63) is 29.8 Å². The van der Waals surface area contributed by atoms with Gasteiger partial charge in [0.15, 0.2) is 0 Å². The maximum Gasteiger partial charge on any atom is 0.416 e. The maximum atomic E-state index is 12.6. The number of amides is 3. The van der Waals surface area contributed by atoms with Crippen molar-refractivity contribution < 1.29 is 22.8 Å². The normalized spacial score (nSPS) is 17.1. The van der Waals surface area contributed by atoms with Crippen LogP contribution in [0.5, 0.6) is 0 Å². The fourth-order valence-corrected chi connectivity index (χ4v) is 1.85. The summed E-state index contributed by atoms with van der Waals surface area (Å²) < 4.78 is 37.8. The average molecular weight is 272 g/mol. The molecule has 102 valence electrons. The van der Waals surface area contributed by atoms with Gasteiger partial charge in [0, 0.05) is 25.7 Å². The summed E-state index contributed by atoms with van der Waals surface area (Å²) >= 11 is 0. The van der Waals surface area contributed by atoms with Crippen LogP contribution in [0.4, 0.5) is 23.7 Å². The number of nitrogens with zero attached hydrogens (tertiary/aromatic N) is 2. The van der Waals surface area contributed by atoms with E-state index in [4.69, 9.17) is 0 Å². The van der Waals surface area contributed by atoms with E-state index in [2.05, 4.69) is 0 Å². The van der Waals surface area contributed by atoms with Gasteiger partial charge in [0.1, 0.15) is 0 Å². The highest BCUT2D eigenvalue weighted by molar-refractivity contribution is 6.05. The molecule has 1 fully saturated rings. The number of imide groups is 1. The molecule has 0 unspecified atom stereocenters. The van der Waals surface area contributed by atoms with E-state index in [0.29, 0.717) is 0 Å². The zero-order chi connectivity index (χ0) is 14.2. The highest BCUT2D eigenvalue weighted by Crippen LogP contribution is 2.32. The van der Waals surface area contributed by atoms with Gasteiger partial charge in [-0.25, -0.2) is 4.79 Å². The first-order valence-corrected chi connectivity index (χ1v) is 5.56. The second-order valence-electron chi connectivity index (χ2n) is 4.19. The van der Waals surface area contributed by atoms with Crippen LogP contribution in [-0.4, -0.2) is 30.4 Å². The summed E-state index contributed by atoms with van der Waals surface area (Å²) in [5.74, 6) is -0.340. The van der Waals surface area contributed by atoms with Crippen molar-refractivity contribution >= 4 is 17.6 Å². The van der Waals surface area contributed by atoms with E-state index in [1.165, 1.54) is 19.2 Å². The number of hydrogen-bond acceptors (Lipinski definition) is 2. The molecule has 1 aliphatic rings. The molecule has 1 aliphatic heterocycles. The Kier molecular flexibility index (Phi) is 3.21. The van der Waals surface area contributed by atoms with Gasteiger partial charge in [-0.15, -0.1) is 0 Å². The van der Waals surface area contributed by atoms with E-state index in [9.17, 15) is 22.8 Å². The minimum atomic E-state index is -4.46. The lowest BCUT2D eigenvalue weighted by Gasteiger charge is -2.32. The second kappa shape index (κ2) is 4.56. The Balaban J connectivity index is 2.32. The van der Waals surface area contributed by atoms with Crippen molar-refractivity contribution in [3.8, 4) is 0 Å². The summed E-state index contributed by atoms with van der Waals surface area (Å²) in [4.78, 5) is 25.2. The molecule has 19 heavy (non-hydrogen) atoms. The molecule has 0 bridgehead atoms. The van der Waals surface area contributed by atoms with Crippen molar-refractivity contribution in [2.75, 3.05) is 18.5 Å². The van der Waals surface area contributed by atoms with Crippen LogP contribution in [0.2, 0.25) is 0 Å². The highest BCUT2D eigenvalue weighted by atomic mass is 19.4. The number of urea groups is 1. The molecule has 0 aliphatic carbocycles. The minimum Gasteiger partial charge on any atom is -0.293 e. The Labute approximate surface area is 107 Å². The number of rotatable bonds is 1. The number of carbonyl (C=O) groups is 2. The molecule has 0 atom stereocenters. The van der Waals surface area contributed by atoms with Crippen molar-refractivity contribution in [1.82, 2.24) is 4.90 Å². The van der Waals surface area contributed by atoms with Crippen LogP contribution in [0.15, 0.2) is 24.3 Å². The molecule has 3 amide bonds. The summed E-state index contributed by atoms with van der Waals surface area (Å²) in [6, 6.07) is 3.88. The van der Waals surface area contributed by atoms with E-state index in [1.54, 1.807) is 0 Å². The van der Waals surface area contributed by atoms with Crippen molar-refractivity contribution in [2.24, 2.45) is 0 Å². The first-order valence-electron chi connectivity index (χ1n) is 5.56. The average Bonchev–Trinajstić information content (AvgIpc) is 2.35. The minimum absolute atomic E-state index is 0.0866. The Morgan fingerprint density at radius 2 is 1.89 bits per heavy atom. The first kappa shape index (κ1) is 13.4. The zero-order valence-corrected chi connectivity index (χ0v) is 10.1. The van der Waals surface area contributed by atoms with Gasteiger partial charge in [-0.3, -0.25) is 14.6 Å². The molecule has 1 aromatic carbocycles. The molecule has 0 spiro atoms. The predicted octanol–water partition coefficient (Wildman–Crippen LogP) is 2.49. The lowest BCUT2D eigenvalue weighted by molar-refractivity contribution is -0.137. The van der Waals surface area contributed by atoms with Crippen LogP contribution in [-0.2, 0) is 11.0 Å². The Morgan fingerprint density at radius 3 is 2.53 bits per heavy atom. The first-order chi connectivity index (χ1) is 8.80. The van der Waals surface area contributed by atoms with Crippen LogP contribution in [0, 0.1) is 0 Å². The van der Waals surface area contributed by atoms with Crippen LogP contribution in [0.3, 0.4) is 0 Å². The van der Waals surface area contributed by atoms with Gasteiger partial charge in [0.2, 0.25) is 5.91 Å². The number of benzene rings is 1. The van der Waals surface area contributed by atoms with Crippen LogP contribution in [0.25, 0.3) is 0 Å². The van der Waals surface area contributed by atoms with Crippen LogP contribution >= 0.6 is 0 Å². The second-order valence-corrected chi connectivity index (χ2v) is 4.19. The topological polar surface area (TPSA) is 40.6 Å². The van der Waals surface area contributed by atoms with E-state index in [0.717, 1.165) is 21.9 Å². The molecule has 0 radical (unpaired) electrons. The molecule has 1 heterocycles. The van der Waals surface area contributed by atoms with Gasteiger partial charge in [-0.05, 0) is 18.2 Å². The number of halogens is 3. The Morgan fingerprint density at radius 1 is 1.21 bits per heavy atom. The SMILES string of the molecule is CN1C(=O)CCN(c2cccc(C(F)(F)F)c2)C1=O. The molecular weight excluding hydrogens is 261 g/mol. The van der Waals surface area contributed by atoms with Gasteiger partial charge < -0.3 is 0 Å². The van der Waals surface area contributed by atoms with E-state index in [1.807, 2.05) is 0 Å². The maximum absolute atomic E-state index is 12.6. The van der Waals surface area contributed by atoms with Crippen LogP contribution in [0.1, 0.15) is 12.0 Å². The number of anilines is 1. The smallest absolute Gasteiger partial charge is 0.293 e. The molecule has 2 rings (SSSR count). The van der Waals surface area contributed by atoms with Gasteiger partial charge in [0.05, 0.1) is 5.56 Å². The molecule has 0 aromatic heterocycles. The summed E-state index contributed by atoms with van der Waals surface area (Å²) in [6.45, 7) is 0.0866. The third kappa shape index (κ3) is 2.54. The van der Waals surface area contributed by atoms with Crippen LogP contribution < -0.4 is 4.90 Å². The van der Waals surface area contributed by atoms with Crippen molar-refractivity contribution in [3.63, 3.8) is 0 Å². The van der Waals surface area contributed by atoms with Gasteiger partial charge in [-0.2, -0.15) is 13.2 Å². The van der Waals surface area contributed by atoms with Crippen molar-refractivity contribution in [2.45, 2.75) is 12.6 Å². The summed E-state index contributed by atoms with van der Waals surface area (Å²) in [6.07, 6.45) is -4.37. The largest absolute Gasteiger partial charge is 0.416 e. The fraction of sp³-hybridized carbons (Fsp3) is 0.333. The van der Waals surface area contributed by atoms with Gasteiger partial charge >= 0.3 is 12.2 Å². The lowest BCUT2D eigenvalue weighted by atomic mass is 10.1. The zero-order valence-electron chi connectivity index (χ0n) is 10.1. The van der Waals surface area contributed by atoms with Gasteiger partial charge in [0.25, 0.3) is 0 Å². The summed E-state index contributed by atoms with van der Waals surface area (Å²) in [5.41, 5.74) is -0.684. The van der Waals surface area contributed by atoms with E-state index < -0.39 is 17.8 Å². The summed E-state index contributed by atoms with van der Waals surface area (Å²) in [5, 5.41) is 0. The molecule has 7 heteroatoms. The number of carbonyl (C=O) groups excluding carboxylic acids is 2. The molecule has 1 aromatic rings. The highest BCUT2D eigenvalue weighted by Gasteiger charge is 2.33. The molecule has 1 saturated heterocycles. The van der Waals surface area contributed by atoms with E-state index >= 15 is 0 Å². The van der Waals surface area contributed by atoms with Crippen molar-refractivity contribution in [1.29, 1.82) is 0 Å². The predicted molar refractivity (Wildman–Crippen MR) is 61.6 cm³/mol. The number of alkyl halides is 3. The quantitative estimate of drug-likeness (QED) is 0.788. The molecular formula is C12H11F3N2O2. The third-order valence-corrected chi connectivity index (χ3v) is 2.93.